The van der Waals surface area contributed by atoms with Crippen LogP contribution in [-0.4, -0.2) is 200 Å². The van der Waals surface area contributed by atoms with Gasteiger partial charge in [0.1, 0.15) is 54.1 Å². The highest BCUT2D eigenvalue weighted by Crippen LogP contribution is 2.13. The summed E-state index contributed by atoms with van der Waals surface area (Å²) >= 11 is 0. The number of nitrogens with two attached hydrogens (primary N) is 3. The number of rotatable bonds is 36. The molecule has 0 heterocycles. The van der Waals surface area contributed by atoms with Crippen LogP contribution in [0.15, 0.2) is 54.6 Å². The number of phenols is 1. The van der Waals surface area contributed by atoms with Crippen molar-refractivity contribution in [3.8, 4) is 5.75 Å². The van der Waals surface area contributed by atoms with E-state index in [4.69, 9.17) is 17.2 Å². The molecule has 10 amide bonds. The van der Waals surface area contributed by atoms with E-state index in [2.05, 4.69) is 47.9 Å². The Morgan fingerprint density at radius 3 is 1.45 bits per heavy atom. The fourth-order valence-electron chi connectivity index (χ4n) is 7.29. The van der Waals surface area contributed by atoms with Gasteiger partial charge in [0, 0.05) is 19.3 Å². The van der Waals surface area contributed by atoms with Crippen molar-refractivity contribution in [1.82, 2.24) is 47.9 Å². The fraction of sp³-hybridized carbons (Fsp3) is 0.510. The molecule has 0 aromatic heterocycles. The number of benzene rings is 2. The summed E-state index contributed by atoms with van der Waals surface area (Å²) in [6.45, 7) is -0.668. The molecule has 80 heavy (non-hydrogen) atoms. The molecule has 11 atom stereocenters. The zero-order chi connectivity index (χ0) is 60.2. The van der Waals surface area contributed by atoms with Crippen LogP contribution in [0.5, 0.6) is 5.75 Å². The highest BCUT2D eigenvalue weighted by molar-refractivity contribution is 5.99. The number of phenolic OH excluding ortho intramolecular Hbond substituents is 1. The molecule has 2 aromatic carbocycles. The van der Waals surface area contributed by atoms with Crippen LogP contribution in [0.25, 0.3) is 0 Å². The normalized spacial score (nSPS) is 15.1. The van der Waals surface area contributed by atoms with Gasteiger partial charge in [0.25, 0.3) is 0 Å². The van der Waals surface area contributed by atoms with Crippen LogP contribution in [0.3, 0.4) is 0 Å². The van der Waals surface area contributed by atoms with Crippen molar-refractivity contribution in [2.24, 2.45) is 17.2 Å². The fourth-order valence-corrected chi connectivity index (χ4v) is 7.29. The van der Waals surface area contributed by atoms with E-state index in [0.717, 1.165) is 13.8 Å². The lowest BCUT2D eigenvalue weighted by molar-refractivity contribution is -0.143. The van der Waals surface area contributed by atoms with Gasteiger partial charge in [-0.2, -0.15) is 0 Å². The molecule has 0 aliphatic heterocycles. The first-order valence-corrected chi connectivity index (χ1v) is 25.0. The van der Waals surface area contributed by atoms with Crippen LogP contribution < -0.4 is 65.1 Å². The average molecular weight is 1130 g/mol. The maximum absolute atomic E-state index is 14.0. The molecule has 0 radical (unpaired) electrons. The van der Waals surface area contributed by atoms with Crippen LogP contribution in [0.4, 0.5) is 0 Å². The van der Waals surface area contributed by atoms with Gasteiger partial charge < -0.3 is 101 Å². The number of aliphatic carboxylic acids is 2. The second kappa shape index (κ2) is 34.5. The molecule has 442 valence electrons. The van der Waals surface area contributed by atoms with Gasteiger partial charge in [0.15, 0.2) is 0 Å². The Bertz CT molecular complexity index is 2450. The Morgan fingerprint density at radius 2 is 0.963 bits per heavy atom. The number of carbonyl (C=O) groups excluding carboxylic acids is 10. The summed E-state index contributed by atoms with van der Waals surface area (Å²) in [6, 6.07) is -2.69. The summed E-state index contributed by atoms with van der Waals surface area (Å²) < 4.78 is 0. The van der Waals surface area contributed by atoms with Gasteiger partial charge in [-0.25, -0.2) is 4.79 Å². The summed E-state index contributed by atoms with van der Waals surface area (Å²) in [4.78, 5) is 156. The minimum Gasteiger partial charge on any atom is -0.508 e. The average Bonchev–Trinajstić information content (AvgIpc) is 3.40. The lowest BCUT2D eigenvalue weighted by Gasteiger charge is -2.28. The number of primary amides is 1. The molecule has 31 nitrogen and oxygen atoms in total. The number of aromatic hydroxyl groups is 1. The van der Waals surface area contributed by atoms with Gasteiger partial charge >= 0.3 is 11.9 Å². The van der Waals surface area contributed by atoms with E-state index < -0.39 is 170 Å². The summed E-state index contributed by atoms with van der Waals surface area (Å²) in [5.41, 5.74) is 16.9. The first kappa shape index (κ1) is 67.7. The first-order chi connectivity index (χ1) is 37.7. The maximum atomic E-state index is 14.0. The second-order valence-corrected chi connectivity index (χ2v) is 18.4. The number of hydrogen-bond donors (Lipinski definition) is 19. The molecular formula is C49H72N12O19. The molecule has 0 aliphatic rings. The summed E-state index contributed by atoms with van der Waals surface area (Å²) in [6.07, 6.45) is -5.03. The second-order valence-electron chi connectivity index (χ2n) is 18.4. The molecule has 2 rings (SSSR count). The molecule has 2 aromatic rings. The Kier molecular flexibility index (Phi) is 29.2. The highest BCUT2D eigenvalue weighted by atomic mass is 16.4. The predicted octanol–water partition coefficient (Wildman–Crippen LogP) is -7.80. The van der Waals surface area contributed by atoms with Crippen LogP contribution in [0.1, 0.15) is 63.5 Å². The van der Waals surface area contributed by atoms with Gasteiger partial charge in [-0.1, -0.05) is 42.5 Å². The molecule has 0 unspecified atom stereocenters. The Balaban J connectivity index is 2.34. The van der Waals surface area contributed by atoms with Crippen LogP contribution >= 0.6 is 0 Å². The molecule has 0 aliphatic carbocycles. The topological polar surface area (TPSA) is 533 Å². The third kappa shape index (κ3) is 24.1. The number of carboxylic acid groups (broad SMARTS) is 2. The minimum atomic E-state index is -2.09. The summed E-state index contributed by atoms with van der Waals surface area (Å²) in [5, 5.41) is 90.5. The molecule has 0 fully saturated rings. The third-order valence-corrected chi connectivity index (χ3v) is 11.7. The number of carbonyl (C=O) groups is 12. The monoisotopic (exact) mass is 1130 g/mol. The van der Waals surface area contributed by atoms with E-state index in [1.807, 2.05) is 0 Å². The summed E-state index contributed by atoms with van der Waals surface area (Å²) in [5.74, 6) is -14.6. The van der Waals surface area contributed by atoms with Crippen molar-refractivity contribution in [3.63, 3.8) is 0 Å². The van der Waals surface area contributed by atoms with Crippen molar-refractivity contribution in [1.29, 1.82) is 0 Å². The Hall–Kier alpha value is -8.36. The number of hydrogen-bond acceptors (Lipinski definition) is 19. The zero-order valence-electron chi connectivity index (χ0n) is 43.8. The van der Waals surface area contributed by atoms with E-state index in [-0.39, 0.29) is 43.5 Å². The van der Waals surface area contributed by atoms with E-state index in [1.165, 1.54) is 24.3 Å². The molecule has 0 bridgehead atoms. The van der Waals surface area contributed by atoms with Crippen molar-refractivity contribution >= 4 is 71.0 Å². The summed E-state index contributed by atoms with van der Waals surface area (Å²) in [7, 11) is 0. The largest absolute Gasteiger partial charge is 0.508 e. The zero-order valence-corrected chi connectivity index (χ0v) is 43.8. The van der Waals surface area contributed by atoms with Gasteiger partial charge in [-0.05, 0) is 69.3 Å². The standard InChI is InChI=1S/C49H72N12O19/c1-24(64)39(60-37(68)21-53-41(71)29(51)15-16-36(52)67)47(77)57-32(18-26-8-4-3-5-9-26)44(74)61-40(25(2)65)48(78)59-35(23-63)46(76)56-33(20-38(69)70)43(73)55-31(19-27-11-13-28(66)14-12-27)42(72)58-34(22-62)45(75)54-30(49(79)80)10-6-7-17-50/h3-5,8-9,11-14,24-25,29-35,39-40,62-66H,6-7,10,15-23,50-51H2,1-2H3,(H2,52,67)(H,53,71)(H,54,75)(H,55,73)(H,56,76)(H,57,77)(H,58,72)(H,59,78)(H,60,68)(H,61,74)(H,69,70)(H,79,80)/t24-,25-,29+,30+,31+,32+,33+,34+,35+,39+,40+/m1/s1. The van der Waals surface area contributed by atoms with E-state index in [0.29, 0.717) is 18.4 Å². The van der Waals surface area contributed by atoms with E-state index >= 15 is 0 Å². The van der Waals surface area contributed by atoms with Gasteiger partial charge in [0.2, 0.25) is 59.1 Å². The lowest BCUT2D eigenvalue weighted by atomic mass is 10.0. The van der Waals surface area contributed by atoms with Crippen molar-refractivity contribution < 1.29 is 93.3 Å². The lowest BCUT2D eigenvalue weighted by Crippen LogP contribution is -2.63. The predicted molar refractivity (Wildman–Crippen MR) is 277 cm³/mol. The van der Waals surface area contributed by atoms with Crippen LogP contribution in [-0.2, 0) is 70.4 Å². The van der Waals surface area contributed by atoms with Crippen molar-refractivity contribution in [2.45, 2.75) is 132 Å². The van der Waals surface area contributed by atoms with Gasteiger partial charge in [-0.15, -0.1) is 0 Å². The van der Waals surface area contributed by atoms with Crippen molar-refractivity contribution in [2.75, 3.05) is 26.3 Å². The number of amides is 10. The highest BCUT2D eigenvalue weighted by Gasteiger charge is 2.37. The SMILES string of the molecule is C[C@@H](O)[C@H](NC(=O)CNC(=O)[C@@H](N)CCC(N)=O)C(=O)N[C@@H](Cc1ccccc1)C(=O)N[C@H](C(=O)N[C@@H](CO)C(=O)N[C@@H](CC(=O)O)C(=O)N[C@@H](Cc1ccc(O)cc1)C(=O)N[C@@H](CO)C(=O)N[C@@H](CCCCN)C(=O)O)[C@@H](C)O. The number of carboxylic acids is 2. The molecule has 0 spiro atoms. The third-order valence-electron chi connectivity index (χ3n) is 11.7. The van der Waals surface area contributed by atoms with E-state index in [1.54, 1.807) is 30.3 Å². The molecular weight excluding hydrogens is 1060 g/mol. The molecule has 31 heteroatoms. The number of aliphatic hydroxyl groups excluding tert-OH is 4. The quantitative estimate of drug-likeness (QED) is 0.0282. The molecule has 0 saturated heterocycles. The smallest absolute Gasteiger partial charge is 0.326 e. The Morgan fingerprint density at radius 1 is 0.525 bits per heavy atom. The van der Waals surface area contributed by atoms with Gasteiger partial charge in [0.05, 0.1) is 44.4 Å². The number of aliphatic hydroxyl groups is 4. The maximum Gasteiger partial charge on any atom is 0.326 e. The number of nitrogens with one attached hydrogen (secondary N) is 9. The van der Waals surface area contributed by atoms with Crippen molar-refractivity contribution in [3.05, 3.63) is 65.7 Å². The van der Waals surface area contributed by atoms with Crippen LogP contribution in [0, 0.1) is 0 Å². The van der Waals surface area contributed by atoms with E-state index in [9.17, 15) is 93.3 Å². The molecule has 22 N–H and O–H groups in total. The van der Waals surface area contributed by atoms with Gasteiger partial charge in [-0.3, -0.25) is 52.7 Å². The minimum absolute atomic E-state index is 0.0540. The Labute approximate surface area is 457 Å². The first-order valence-electron chi connectivity index (χ1n) is 25.0. The number of unbranched alkanes of at least 4 members (excludes halogenated alkanes) is 1. The molecule has 0 saturated carbocycles. The van der Waals surface area contributed by atoms with Crippen LogP contribution in [0.2, 0.25) is 0 Å².